The van der Waals surface area contributed by atoms with Gasteiger partial charge in [0.15, 0.2) is 0 Å². The molecule has 1 aromatic carbocycles. The van der Waals surface area contributed by atoms with Crippen LogP contribution in [0.2, 0.25) is 0 Å². The summed E-state index contributed by atoms with van der Waals surface area (Å²) in [4.78, 5) is 15.8. The quantitative estimate of drug-likeness (QED) is 0.820. The molecule has 1 amide bonds. The number of hydrogen-bond acceptors (Lipinski definition) is 3. The van der Waals surface area contributed by atoms with Gasteiger partial charge in [-0.25, -0.2) is 4.98 Å². The van der Waals surface area contributed by atoms with E-state index in [0.29, 0.717) is 19.6 Å². The van der Waals surface area contributed by atoms with Gasteiger partial charge < -0.3 is 15.2 Å². The smallest absolute Gasteiger partial charge is 0.233 e. The van der Waals surface area contributed by atoms with E-state index < -0.39 is 0 Å². The lowest BCUT2D eigenvalue weighted by atomic mass is 10.3. The Bertz CT molecular complexity index is 547. The summed E-state index contributed by atoms with van der Waals surface area (Å²) in [6.07, 6.45) is 0. The molecule has 0 saturated carbocycles. The molecule has 0 radical (unpaired) electrons. The maximum absolute atomic E-state index is 11.3. The molecule has 0 saturated heterocycles. The van der Waals surface area contributed by atoms with E-state index in [9.17, 15) is 4.79 Å². The monoisotopic (exact) mass is 246 g/mol. The van der Waals surface area contributed by atoms with Gasteiger partial charge >= 0.3 is 0 Å². The average molecular weight is 246 g/mol. The van der Waals surface area contributed by atoms with Gasteiger partial charge in [0.2, 0.25) is 5.91 Å². The summed E-state index contributed by atoms with van der Waals surface area (Å²) in [6.45, 7) is 3.47. The van der Waals surface area contributed by atoms with Crippen LogP contribution in [-0.2, 0) is 18.4 Å². The predicted molar refractivity (Wildman–Crippen MR) is 71.1 cm³/mol. The Morgan fingerprint density at radius 2 is 2.17 bits per heavy atom. The topological polar surface area (TPSA) is 59.0 Å². The fraction of sp³-hybridized carbons (Fsp3) is 0.385. The Morgan fingerprint density at radius 1 is 1.39 bits per heavy atom. The third kappa shape index (κ3) is 2.68. The Labute approximate surface area is 106 Å². The van der Waals surface area contributed by atoms with Crippen LogP contribution in [0.15, 0.2) is 24.3 Å². The molecule has 0 spiro atoms. The molecular weight excluding hydrogens is 228 g/mol. The number of carbonyl (C=O) groups is 1. The molecule has 5 nitrogen and oxygen atoms in total. The molecule has 0 bridgehead atoms. The molecule has 0 atom stereocenters. The maximum Gasteiger partial charge on any atom is 0.233 e. The molecule has 0 fully saturated rings. The van der Waals surface area contributed by atoms with Crippen molar-refractivity contribution in [3.8, 4) is 0 Å². The van der Waals surface area contributed by atoms with Crippen LogP contribution in [0.1, 0.15) is 12.7 Å². The van der Waals surface area contributed by atoms with E-state index >= 15 is 0 Å². The summed E-state index contributed by atoms with van der Waals surface area (Å²) in [6, 6.07) is 8.00. The molecule has 5 heteroatoms. The molecule has 0 aliphatic rings. The van der Waals surface area contributed by atoms with Crippen molar-refractivity contribution >= 4 is 16.9 Å². The fourth-order valence-electron chi connectivity index (χ4n) is 1.90. The summed E-state index contributed by atoms with van der Waals surface area (Å²) in [7, 11) is 1.98. The average Bonchev–Trinajstić information content (AvgIpc) is 2.68. The van der Waals surface area contributed by atoms with Crippen molar-refractivity contribution < 1.29 is 4.79 Å². The number of amides is 1. The molecule has 18 heavy (non-hydrogen) atoms. The summed E-state index contributed by atoms with van der Waals surface area (Å²) in [5.41, 5.74) is 2.09. The molecule has 0 aliphatic heterocycles. The van der Waals surface area contributed by atoms with Gasteiger partial charge in [-0.1, -0.05) is 12.1 Å². The normalized spacial score (nSPS) is 10.8. The van der Waals surface area contributed by atoms with Gasteiger partial charge in [0, 0.05) is 13.6 Å². The number of nitrogens with zero attached hydrogens (tertiary/aromatic N) is 2. The Kier molecular flexibility index (Phi) is 3.94. The lowest BCUT2D eigenvalue weighted by molar-refractivity contribution is -0.120. The zero-order valence-corrected chi connectivity index (χ0v) is 10.7. The first kappa shape index (κ1) is 12.6. The van der Waals surface area contributed by atoms with Crippen LogP contribution < -0.4 is 10.6 Å². The zero-order chi connectivity index (χ0) is 13.0. The van der Waals surface area contributed by atoms with Crippen molar-refractivity contribution in [3.05, 3.63) is 30.1 Å². The van der Waals surface area contributed by atoms with Gasteiger partial charge in [-0.3, -0.25) is 4.79 Å². The summed E-state index contributed by atoms with van der Waals surface area (Å²) < 4.78 is 2.04. The summed E-state index contributed by atoms with van der Waals surface area (Å²) >= 11 is 0. The molecular formula is C13H18N4O. The van der Waals surface area contributed by atoms with Gasteiger partial charge in [-0.05, 0) is 19.1 Å². The van der Waals surface area contributed by atoms with E-state index in [4.69, 9.17) is 0 Å². The lowest BCUT2D eigenvalue weighted by Gasteiger charge is -2.05. The number of aromatic nitrogens is 2. The highest BCUT2D eigenvalue weighted by molar-refractivity contribution is 5.78. The Hall–Kier alpha value is -1.88. The molecule has 2 N–H and O–H groups in total. The molecule has 0 unspecified atom stereocenters. The van der Waals surface area contributed by atoms with Gasteiger partial charge in [0.1, 0.15) is 5.82 Å². The van der Waals surface area contributed by atoms with Crippen LogP contribution >= 0.6 is 0 Å². The van der Waals surface area contributed by atoms with Crippen molar-refractivity contribution in [1.29, 1.82) is 0 Å². The fourth-order valence-corrected chi connectivity index (χ4v) is 1.90. The van der Waals surface area contributed by atoms with E-state index in [0.717, 1.165) is 16.9 Å². The summed E-state index contributed by atoms with van der Waals surface area (Å²) in [5, 5.41) is 5.84. The minimum Gasteiger partial charge on any atom is -0.355 e. The van der Waals surface area contributed by atoms with Crippen LogP contribution in [0.25, 0.3) is 11.0 Å². The van der Waals surface area contributed by atoms with Gasteiger partial charge in [-0.2, -0.15) is 0 Å². The number of likely N-dealkylation sites (N-methyl/N-ethyl adjacent to an activating group) is 1. The van der Waals surface area contributed by atoms with E-state index in [1.165, 1.54) is 0 Å². The van der Waals surface area contributed by atoms with E-state index in [1.807, 2.05) is 42.8 Å². The second kappa shape index (κ2) is 5.64. The minimum atomic E-state index is 0.0104. The molecule has 96 valence electrons. The number of aryl methyl sites for hydroxylation is 1. The first-order valence-electron chi connectivity index (χ1n) is 6.10. The molecule has 0 aliphatic carbocycles. The van der Waals surface area contributed by atoms with Crippen molar-refractivity contribution in [1.82, 2.24) is 20.2 Å². The number of nitrogens with one attached hydrogen (secondary N) is 2. The van der Waals surface area contributed by atoms with Crippen molar-refractivity contribution in [2.45, 2.75) is 13.5 Å². The Morgan fingerprint density at radius 3 is 2.89 bits per heavy atom. The number of benzene rings is 1. The van der Waals surface area contributed by atoms with Crippen LogP contribution in [0.5, 0.6) is 0 Å². The van der Waals surface area contributed by atoms with Crippen LogP contribution in [0.3, 0.4) is 0 Å². The van der Waals surface area contributed by atoms with E-state index in [-0.39, 0.29) is 5.91 Å². The standard InChI is InChI=1S/C13H18N4O/c1-3-15-13(18)9-14-8-12-16-10-6-4-5-7-11(10)17(12)2/h4-7,14H,3,8-9H2,1-2H3,(H,15,18). The Balaban J connectivity index is 1.99. The first-order valence-corrected chi connectivity index (χ1v) is 6.10. The van der Waals surface area contributed by atoms with Crippen LogP contribution in [0, 0.1) is 0 Å². The van der Waals surface area contributed by atoms with Gasteiger partial charge in [0.25, 0.3) is 0 Å². The number of imidazole rings is 1. The highest BCUT2D eigenvalue weighted by atomic mass is 16.1. The molecule has 2 rings (SSSR count). The van der Waals surface area contributed by atoms with Crippen LogP contribution in [0.4, 0.5) is 0 Å². The number of fused-ring (bicyclic) bond motifs is 1. The molecule has 1 heterocycles. The lowest BCUT2D eigenvalue weighted by Crippen LogP contribution is -2.33. The number of carbonyl (C=O) groups excluding carboxylic acids is 1. The zero-order valence-electron chi connectivity index (χ0n) is 10.7. The molecule has 1 aromatic heterocycles. The van der Waals surface area contributed by atoms with E-state index in [2.05, 4.69) is 15.6 Å². The summed E-state index contributed by atoms with van der Waals surface area (Å²) in [5.74, 6) is 0.941. The van der Waals surface area contributed by atoms with Crippen LogP contribution in [-0.4, -0.2) is 28.5 Å². The SMILES string of the molecule is CCNC(=O)CNCc1nc2ccccc2n1C. The second-order valence-electron chi connectivity index (χ2n) is 4.13. The van der Waals surface area contributed by atoms with Crippen molar-refractivity contribution in [3.63, 3.8) is 0 Å². The molecule has 2 aromatic rings. The van der Waals surface area contributed by atoms with Gasteiger partial charge in [-0.15, -0.1) is 0 Å². The largest absolute Gasteiger partial charge is 0.355 e. The first-order chi connectivity index (χ1) is 8.72. The van der Waals surface area contributed by atoms with Gasteiger partial charge in [0.05, 0.1) is 24.1 Å². The maximum atomic E-state index is 11.3. The predicted octanol–water partition coefficient (Wildman–Crippen LogP) is 0.799. The number of rotatable bonds is 5. The minimum absolute atomic E-state index is 0.0104. The second-order valence-corrected chi connectivity index (χ2v) is 4.13. The van der Waals surface area contributed by atoms with E-state index in [1.54, 1.807) is 0 Å². The third-order valence-electron chi connectivity index (χ3n) is 2.82. The highest BCUT2D eigenvalue weighted by Crippen LogP contribution is 2.13. The number of para-hydroxylation sites is 2. The highest BCUT2D eigenvalue weighted by Gasteiger charge is 2.07. The van der Waals surface area contributed by atoms with Crippen molar-refractivity contribution in [2.24, 2.45) is 7.05 Å². The number of hydrogen-bond donors (Lipinski definition) is 2. The third-order valence-corrected chi connectivity index (χ3v) is 2.82. The van der Waals surface area contributed by atoms with Crippen molar-refractivity contribution in [2.75, 3.05) is 13.1 Å².